The molecule has 7 heteroatoms. The van der Waals surface area contributed by atoms with Crippen molar-refractivity contribution in [3.05, 3.63) is 0 Å². The summed E-state index contributed by atoms with van der Waals surface area (Å²) in [6.07, 6.45) is -0.636. The van der Waals surface area contributed by atoms with Crippen LogP contribution in [0, 0.1) is 0 Å². The van der Waals surface area contributed by atoms with Crippen molar-refractivity contribution in [3.8, 4) is 0 Å². The van der Waals surface area contributed by atoms with Gasteiger partial charge in [-0.15, -0.1) is 0 Å². The van der Waals surface area contributed by atoms with Crippen molar-refractivity contribution >= 4 is 20.9 Å². The second-order valence-electron chi connectivity index (χ2n) is 2.09. The number of rotatable bonds is 6. The predicted molar refractivity (Wildman–Crippen MR) is 132 cm³/mol. The molecule has 0 radical (unpaired) electrons. The zero-order chi connectivity index (χ0) is 10.8. The minimum atomic E-state index is -0.636. The first-order valence-electron chi connectivity index (χ1n) is 4.05. The Kier molecular flexibility index (Phi) is 286. The average molecular weight is 416 g/mol. The van der Waals surface area contributed by atoms with Crippen molar-refractivity contribution in [3.63, 3.8) is 0 Å². The van der Waals surface area contributed by atoms with Gasteiger partial charge in [0.15, 0.2) is 13.4 Å². The van der Waals surface area contributed by atoms with E-state index >= 15 is 0 Å². The average Bonchev–Trinajstić information content (AvgIpc) is 2.16. The van der Waals surface area contributed by atoms with Crippen LogP contribution in [0.4, 0.5) is 4.79 Å². The number of esters is 1. The van der Waals surface area contributed by atoms with Gasteiger partial charge in [-0.25, -0.2) is 9.59 Å². The second kappa shape index (κ2) is 74.9. The van der Waals surface area contributed by atoms with Gasteiger partial charge in [-0.1, -0.05) is 89.1 Å². The number of alkyl carbamates (subject to hydrolysis) is 1. The minimum absolute atomic E-state index is 0. The van der Waals surface area contributed by atoms with Crippen LogP contribution in [0.15, 0.2) is 0 Å². The number of nitrogens with one attached hydrogen (secondary N) is 1. The zero-order valence-corrected chi connectivity index (χ0v) is 9.16. The Labute approximate surface area is 173 Å². The highest BCUT2D eigenvalue weighted by Gasteiger charge is 2.06. The summed E-state index contributed by atoms with van der Waals surface area (Å²) in [5.41, 5.74) is 0. The minimum Gasteiger partial charge on any atom is -0.438 e. The molecule has 0 aromatic rings. The molecule has 0 rings (SSSR count). The molecule has 0 saturated carbocycles. The van der Waals surface area contributed by atoms with E-state index in [1.807, 2.05) is 0 Å². The fraction of sp³-hybridized carbons (Fsp3) is 0.895. The molecule has 0 fully saturated rings. The molecule has 178 valence electrons. The first-order chi connectivity index (χ1) is 6.70. The molecule has 1 unspecified atom stereocenters. The standard InChI is InChI=1S/C7H14NO5P.12CH4/c1-3-8-7(10)11-4-6(9)12-5-13-14-2;;;;;;;;;;;;/h14H,3-5H2,1-2H3,(H,8,10);12*1H4. The first kappa shape index (κ1) is 99.4. The lowest BCUT2D eigenvalue weighted by Gasteiger charge is -2.05. The third-order valence-corrected chi connectivity index (χ3v) is 1.47. The Morgan fingerprint density at radius 1 is 0.769 bits per heavy atom. The maximum absolute atomic E-state index is 10.8. The number of ether oxygens (including phenoxy) is 2. The molecule has 0 aliphatic heterocycles. The van der Waals surface area contributed by atoms with Crippen LogP contribution >= 0.6 is 8.81 Å². The number of hydrogen-bond donors (Lipinski definition) is 1. The maximum atomic E-state index is 10.8. The molecule has 0 aliphatic carbocycles. The highest BCUT2D eigenvalue weighted by Crippen LogP contribution is 2.02. The number of carbonyl (C=O) groups is 2. The van der Waals surface area contributed by atoms with Gasteiger partial charge in [-0.2, -0.15) is 0 Å². The molecule has 26 heavy (non-hydrogen) atoms. The molecular weight excluding hydrogens is 353 g/mol. The summed E-state index contributed by atoms with van der Waals surface area (Å²) in [7, 11) is 0.257. The van der Waals surface area contributed by atoms with Crippen molar-refractivity contribution < 1.29 is 23.6 Å². The number of hydrogen-bond acceptors (Lipinski definition) is 5. The molecule has 0 aromatic carbocycles. The Morgan fingerprint density at radius 2 is 1.15 bits per heavy atom. The highest BCUT2D eigenvalue weighted by molar-refractivity contribution is 7.31. The quantitative estimate of drug-likeness (QED) is 0.205. The lowest BCUT2D eigenvalue weighted by Crippen LogP contribution is -2.26. The van der Waals surface area contributed by atoms with E-state index in [0.29, 0.717) is 6.54 Å². The van der Waals surface area contributed by atoms with E-state index in [1.165, 1.54) is 0 Å². The van der Waals surface area contributed by atoms with Crippen LogP contribution in [0.3, 0.4) is 0 Å². The summed E-state index contributed by atoms with van der Waals surface area (Å²) >= 11 is 0. The number of carbonyl (C=O) groups excluding carboxylic acids is 2. The van der Waals surface area contributed by atoms with E-state index in [9.17, 15) is 9.59 Å². The Balaban J connectivity index is -0.0000000128. The van der Waals surface area contributed by atoms with Crippen molar-refractivity contribution in [2.75, 3.05) is 26.6 Å². The fourth-order valence-corrected chi connectivity index (χ4v) is 0.692. The van der Waals surface area contributed by atoms with E-state index < -0.39 is 18.7 Å². The van der Waals surface area contributed by atoms with Gasteiger partial charge in [0.2, 0.25) is 0 Å². The Hall–Kier alpha value is -0.870. The smallest absolute Gasteiger partial charge is 0.407 e. The number of amides is 1. The summed E-state index contributed by atoms with van der Waals surface area (Å²) in [5, 5.41) is 2.37. The second-order valence-corrected chi connectivity index (χ2v) is 2.79. The van der Waals surface area contributed by atoms with Crippen molar-refractivity contribution in [1.29, 1.82) is 0 Å². The Bertz CT molecular complexity index is 195. The van der Waals surface area contributed by atoms with Crippen molar-refractivity contribution in [2.24, 2.45) is 0 Å². The van der Waals surface area contributed by atoms with Crippen LogP contribution in [0.2, 0.25) is 0 Å². The van der Waals surface area contributed by atoms with E-state index in [2.05, 4.69) is 14.8 Å². The molecule has 1 amide bonds. The van der Waals surface area contributed by atoms with Crippen molar-refractivity contribution in [2.45, 2.75) is 96.0 Å². The molecule has 0 spiro atoms. The Morgan fingerprint density at radius 3 is 1.46 bits per heavy atom. The van der Waals surface area contributed by atoms with Crippen LogP contribution in [0.1, 0.15) is 96.0 Å². The van der Waals surface area contributed by atoms with Crippen LogP contribution in [0.25, 0.3) is 0 Å². The summed E-state index contributed by atoms with van der Waals surface area (Å²) in [4.78, 5) is 21.5. The highest BCUT2D eigenvalue weighted by atomic mass is 31.1. The third-order valence-electron chi connectivity index (χ3n) is 1.07. The van der Waals surface area contributed by atoms with Crippen LogP contribution in [-0.4, -0.2) is 38.7 Å². The van der Waals surface area contributed by atoms with Gasteiger partial charge in [0.05, 0.1) is 0 Å². The van der Waals surface area contributed by atoms with E-state index in [0.717, 1.165) is 0 Å². The molecular formula is C19H62NO5P. The van der Waals surface area contributed by atoms with E-state index in [4.69, 9.17) is 4.52 Å². The topological polar surface area (TPSA) is 73.9 Å². The summed E-state index contributed by atoms with van der Waals surface area (Å²) in [5.74, 6) is -0.630. The summed E-state index contributed by atoms with van der Waals surface area (Å²) < 4.78 is 13.8. The predicted octanol–water partition coefficient (Wildman–Crippen LogP) is 8.11. The van der Waals surface area contributed by atoms with Gasteiger partial charge in [-0.05, 0) is 13.6 Å². The van der Waals surface area contributed by atoms with E-state index in [1.54, 1.807) is 13.6 Å². The van der Waals surface area contributed by atoms with Crippen LogP contribution < -0.4 is 5.32 Å². The normalized spacial score (nSPS) is 5.46. The molecule has 0 bridgehead atoms. The molecule has 6 nitrogen and oxygen atoms in total. The zero-order valence-electron chi connectivity index (χ0n) is 8.16. The van der Waals surface area contributed by atoms with Crippen LogP contribution in [0.5, 0.6) is 0 Å². The van der Waals surface area contributed by atoms with Gasteiger partial charge in [0.1, 0.15) is 0 Å². The molecule has 1 atom stereocenters. The van der Waals surface area contributed by atoms with Crippen molar-refractivity contribution in [1.82, 2.24) is 5.32 Å². The molecule has 0 saturated heterocycles. The SMILES string of the molecule is C.C.C.C.C.C.C.C.C.C.C.C.CCNC(=O)OCC(=O)OCOPC. The third kappa shape index (κ3) is 77.0. The van der Waals surface area contributed by atoms with E-state index in [-0.39, 0.29) is 105 Å². The molecule has 0 aliphatic rings. The monoisotopic (exact) mass is 415 g/mol. The van der Waals surface area contributed by atoms with Gasteiger partial charge >= 0.3 is 12.1 Å². The van der Waals surface area contributed by atoms with Gasteiger partial charge in [-0.3, -0.25) is 0 Å². The van der Waals surface area contributed by atoms with Gasteiger partial charge in [0.25, 0.3) is 0 Å². The first-order valence-corrected chi connectivity index (χ1v) is 5.46. The summed E-state index contributed by atoms with van der Waals surface area (Å²) in [6, 6.07) is 0. The molecule has 1 N–H and O–H groups in total. The van der Waals surface area contributed by atoms with Crippen LogP contribution in [-0.2, 0) is 18.8 Å². The molecule has 0 aromatic heterocycles. The summed E-state index contributed by atoms with van der Waals surface area (Å²) in [6.45, 7) is 3.50. The lowest BCUT2D eigenvalue weighted by atomic mass is 10.7. The molecule has 0 heterocycles. The largest absolute Gasteiger partial charge is 0.438 e. The maximum Gasteiger partial charge on any atom is 0.407 e. The van der Waals surface area contributed by atoms with Gasteiger partial charge < -0.3 is 19.3 Å². The lowest BCUT2D eigenvalue weighted by molar-refractivity contribution is -0.153. The fourth-order valence-electron chi connectivity index (χ4n) is 0.516. The van der Waals surface area contributed by atoms with Gasteiger partial charge in [0, 0.05) is 15.4 Å².